The summed E-state index contributed by atoms with van der Waals surface area (Å²) in [4.78, 5) is 20.1. The molecule has 0 aliphatic carbocycles. The molecule has 2 unspecified atom stereocenters. The van der Waals surface area contributed by atoms with Crippen LogP contribution in [0.5, 0.6) is 0 Å². The quantitative estimate of drug-likeness (QED) is 0.717. The van der Waals surface area contributed by atoms with Crippen molar-refractivity contribution in [3.05, 3.63) is 0 Å². The van der Waals surface area contributed by atoms with Gasteiger partial charge >= 0.3 is 15.2 Å². The maximum atomic E-state index is 13.4. The zero-order valence-corrected chi connectivity index (χ0v) is 16.6. The molecule has 22 heavy (non-hydrogen) atoms. The molecule has 1 saturated heterocycles. The Morgan fingerprint density at radius 3 is 1.77 bits per heavy atom. The Hall–Kier alpha value is 0.300. The van der Waals surface area contributed by atoms with Crippen LogP contribution >= 0.6 is 15.2 Å². The summed E-state index contributed by atoms with van der Waals surface area (Å²) in [6.07, 6.45) is 0. The van der Waals surface area contributed by atoms with Crippen molar-refractivity contribution >= 4 is 15.2 Å². The Bertz CT molecular complexity index is 513. The summed E-state index contributed by atoms with van der Waals surface area (Å²) in [5, 5.41) is -2.90. The van der Waals surface area contributed by atoms with Gasteiger partial charge in [-0.15, -0.1) is 0 Å². The fourth-order valence-corrected chi connectivity index (χ4v) is 9.88. The first kappa shape index (κ1) is 20.3. The summed E-state index contributed by atoms with van der Waals surface area (Å²) >= 11 is 0. The van der Waals surface area contributed by atoms with E-state index in [0.29, 0.717) is 0 Å². The Morgan fingerprint density at radius 1 is 1.14 bits per heavy atom. The van der Waals surface area contributed by atoms with Crippen LogP contribution in [0.2, 0.25) is 0 Å². The molecule has 8 heteroatoms. The van der Waals surface area contributed by atoms with Crippen LogP contribution in [-0.2, 0) is 18.2 Å². The summed E-state index contributed by atoms with van der Waals surface area (Å²) < 4.78 is 36.8. The molecule has 1 rings (SSSR count). The van der Waals surface area contributed by atoms with Gasteiger partial charge in [0, 0.05) is 5.41 Å². The average Bonchev–Trinajstić information content (AvgIpc) is 2.40. The average molecular weight is 356 g/mol. The van der Waals surface area contributed by atoms with Gasteiger partial charge in [0.2, 0.25) is 0 Å². The topological polar surface area (TPSA) is 93.1 Å². The van der Waals surface area contributed by atoms with E-state index in [9.17, 15) is 18.9 Å². The summed E-state index contributed by atoms with van der Waals surface area (Å²) in [6.45, 7) is 14.3. The monoisotopic (exact) mass is 356 g/mol. The summed E-state index contributed by atoms with van der Waals surface area (Å²) in [6, 6.07) is 0. The molecule has 0 spiro atoms. The van der Waals surface area contributed by atoms with Crippen molar-refractivity contribution in [3.8, 4) is 0 Å². The van der Waals surface area contributed by atoms with E-state index in [-0.39, 0.29) is 18.4 Å². The van der Waals surface area contributed by atoms with Gasteiger partial charge in [-0.25, -0.2) is 0 Å². The molecule has 6 nitrogen and oxygen atoms in total. The lowest BCUT2D eigenvalue weighted by Crippen LogP contribution is -2.58. The van der Waals surface area contributed by atoms with Crippen molar-refractivity contribution in [2.45, 2.75) is 65.9 Å². The highest BCUT2D eigenvalue weighted by Gasteiger charge is 2.80. The van der Waals surface area contributed by atoms with Crippen molar-refractivity contribution in [1.82, 2.24) is 0 Å². The molecule has 0 aromatic rings. The van der Waals surface area contributed by atoms with E-state index in [2.05, 4.69) is 0 Å². The van der Waals surface area contributed by atoms with Crippen LogP contribution in [-0.4, -0.2) is 26.9 Å². The summed E-state index contributed by atoms with van der Waals surface area (Å²) in [5.41, 5.74) is -1.01. The van der Waals surface area contributed by atoms with Gasteiger partial charge < -0.3 is 14.3 Å². The van der Waals surface area contributed by atoms with Crippen LogP contribution in [0.3, 0.4) is 0 Å². The van der Waals surface area contributed by atoms with Crippen molar-refractivity contribution in [2.75, 3.05) is 6.61 Å². The van der Waals surface area contributed by atoms with Crippen LogP contribution in [0.4, 0.5) is 0 Å². The standard InChI is InChI=1S/C14H30O6P2/c1-9-19-22(18)12(6,7)14(10(2)3,11(4)5)13(8,20-22)21(15,16)17/h10-11H,9H2,1-8H3,(H2,15,16,17). The normalized spacial score (nSPS) is 34.5. The summed E-state index contributed by atoms with van der Waals surface area (Å²) in [5.74, 6) is -0.340. The molecule has 0 aromatic carbocycles. The first-order valence-electron chi connectivity index (χ1n) is 7.66. The Balaban J connectivity index is 3.87. The highest BCUT2D eigenvalue weighted by molar-refractivity contribution is 7.59. The predicted molar refractivity (Wildman–Crippen MR) is 87.0 cm³/mol. The fraction of sp³-hybridized carbons (Fsp3) is 1.00. The third-order valence-corrected chi connectivity index (χ3v) is 10.1. The molecule has 132 valence electrons. The van der Waals surface area contributed by atoms with Crippen LogP contribution in [0.15, 0.2) is 0 Å². The third kappa shape index (κ3) is 2.22. The van der Waals surface area contributed by atoms with Gasteiger partial charge in [0.25, 0.3) is 0 Å². The number of hydrogen-bond donors (Lipinski definition) is 2. The largest absolute Gasteiger partial charge is 0.358 e. The lowest BCUT2D eigenvalue weighted by molar-refractivity contribution is -0.0493. The molecule has 2 N–H and O–H groups in total. The van der Waals surface area contributed by atoms with Crippen molar-refractivity contribution in [3.63, 3.8) is 0 Å². The van der Waals surface area contributed by atoms with Crippen LogP contribution in [0.1, 0.15) is 55.4 Å². The van der Waals surface area contributed by atoms with Gasteiger partial charge in [-0.3, -0.25) is 13.7 Å². The highest BCUT2D eigenvalue weighted by atomic mass is 31.2. The zero-order chi connectivity index (χ0) is 17.8. The first-order valence-corrected chi connectivity index (χ1v) is 10.8. The SMILES string of the molecule is CCOP1(=O)OC(C)(P(=O)(O)O)C(C(C)C)(C(C)C)C1(C)C. The van der Waals surface area contributed by atoms with Gasteiger partial charge in [-0.2, -0.15) is 0 Å². The minimum atomic E-state index is -4.71. The van der Waals surface area contributed by atoms with Gasteiger partial charge in [0.1, 0.15) is 0 Å². The molecule has 0 saturated carbocycles. The van der Waals surface area contributed by atoms with Crippen LogP contribution < -0.4 is 0 Å². The molecule has 0 aromatic heterocycles. The molecule has 0 radical (unpaired) electrons. The molecule has 1 aliphatic heterocycles. The minimum absolute atomic E-state index is 0.157. The molecule has 2 atom stereocenters. The third-order valence-electron chi connectivity index (χ3n) is 5.44. The molecule has 1 fully saturated rings. The molecule has 0 bridgehead atoms. The lowest BCUT2D eigenvalue weighted by Gasteiger charge is -2.53. The predicted octanol–water partition coefficient (Wildman–Crippen LogP) is 4.22. The van der Waals surface area contributed by atoms with Crippen molar-refractivity contribution in [2.24, 2.45) is 17.3 Å². The van der Waals surface area contributed by atoms with E-state index in [1.807, 2.05) is 27.7 Å². The smallest absolute Gasteiger partial charge is 0.322 e. The van der Waals surface area contributed by atoms with Gasteiger partial charge in [0.15, 0.2) is 5.34 Å². The first-order chi connectivity index (χ1) is 9.65. The van der Waals surface area contributed by atoms with E-state index < -0.39 is 31.1 Å². The second-order valence-electron chi connectivity index (χ2n) is 7.27. The molecule has 1 aliphatic rings. The zero-order valence-electron chi connectivity index (χ0n) is 14.8. The van der Waals surface area contributed by atoms with E-state index in [1.54, 1.807) is 20.8 Å². The van der Waals surface area contributed by atoms with Crippen LogP contribution in [0.25, 0.3) is 0 Å². The van der Waals surface area contributed by atoms with E-state index >= 15 is 0 Å². The minimum Gasteiger partial charge on any atom is -0.322 e. The second-order valence-corrected chi connectivity index (χ2v) is 11.8. The van der Waals surface area contributed by atoms with E-state index in [0.717, 1.165) is 0 Å². The Kier molecular flexibility index (Phi) is 5.26. The molecular weight excluding hydrogens is 326 g/mol. The van der Waals surface area contributed by atoms with Gasteiger partial charge in [-0.05, 0) is 39.5 Å². The fourth-order valence-electron chi connectivity index (χ4n) is 5.02. The van der Waals surface area contributed by atoms with Crippen LogP contribution in [0, 0.1) is 17.3 Å². The Labute approximate surface area is 133 Å². The van der Waals surface area contributed by atoms with Gasteiger partial charge in [-0.1, -0.05) is 27.7 Å². The number of hydrogen-bond acceptors (Lipinski definition) is 4. The second kappa shape index (κ2) is 5.68. The maximum absolute atomic E-state index is 13.4. The molecule has 0 amide bonds. The van der Waals surface area contributed by atoms with Crippen molar-refractivity contribution < 1.29 is 28.0 Å². The van der Waals surface area contributed by atoms with E-state index in [1.165, 1.54) is 6.92 Å². The number of rotatable bonds is 5. The maximum Gasteiger partial charge on any atom is 0.358 e. The Morgan fingerprint density at radius 2 is 1.55 bits per heavy atom. The highest BCUT2D eigenvalue weighted by Crippen LogP contribution is 2.85. The summed E-state index contributed by atoms with van der Waals surface area (Å²) in [7, 11) is -8.42. The molecule has 1 heterocycles. The lowest BCUT2D eigenvalue weighted by atomic mass is 9.58. The van der Waals surface area contributed by atoms with E-state index in [4.69, 9.17) is 9.05 Å². The van der Waals surface area contributed by atoms with Crippen molar-refractivity contribution in [1.29, 1.82) is 0 Å². The molecular formula is C14H30O6P2. The van der Waals surface area contributed by atoms with Gasteiger partial charge in [0.05, 0.1) is 11.8 Å².